The summed E-state index contributed by atoms with van der Waals surface area (Å²) in [7, 11) is 5.11. The largest absolute Gasteiger partial charge is 0.480 e. The Labute approximate surface area is 126 Å². The van der Waals surface area contributed by atoms with Gasteiger partial charge in [0.2, 0.25) is 5.88 Å². The Bertz CT molecular complexity index is 589. The molecular weight excluding hydrogens is 266 g/mol. The number of hydrogen-bond acceptors (Lipinski definition) is 5. The molecule has 5 heteroatoms. The number of aromatic nitrogens is 1. The van der Waals surface area contributed by atoms with E-state index in [1.54, 1.807) is 19.3 Å². The number of Topliss-reactive ketones (excluding diaryl/α,β-unsaturated/α-hetero) is 1. The number of carbonyl (C=O) groups is 1. The third kappa shape index (κ3) is 3.68. The molecule has 0 aliphatic carbocycles. The Morgan fingerprint density at radius 3 is 2.57 bits per heavy atom. The molecule has 0 radical (unpaired) electrons. The molecule has 0 amide bonds. The van der Waals surface area contributed by atoms with Gasteiger partial charge in [-0.15, -0.1) is 0 Å². The maximum atomic E-state index is 12.0. The molecule has 0 atom stereocenters. The lowest BCUT2D eigenvalue weighted by Crippen LogP contribution is -2.13. The predicted molar refractivity (Wildman–Crippen MR) is 85.3 cm³/mol. The lowest BCUT2D eigenvalue weighted by molar-refractivity contribution is 0.0984. The van der Waals surface area contributed by atoms with Gasteiger partial charge in [0.25, 0.3) is 0 Å². The fourth-order valence-electron chi connectivity index (χ4n) is 2.01. The Morgan fingerprint density at radius 1 is 1.43 bits per heavy atom. The van der Waals surface area contributed by atoms with Crippen molar-refractivity contribution in [3.63, 3.8) is 0 Å². The summed E-state index contributed by atoms with van der Waals surface area (Å²) in [6.07, 6.45) is 2.09. The average molecular weight is 289 g/mol. The minimum Gasteiger partial charge on any atom is -0.480 e. The molecule has 114 valence electrons. The van der Waals surface area contributed by atoms with Crippen LogP contribution in [0.2, 0.25) is 0 Å². The van der Waals surface area contributed by atoms with Crippen LogP contribution in [0.1, 0.15) is 43.1 Å². The predicted octanol–water partition coefficient (Wildman–Crippen LogP) is 2.62. The van der Waals surface area contributed by atoms with Gasteiger partial charge < -0.3 is 10.1 Å². The first-order valence-corrected chi connectivity index (χ1v) is 6.90. The number of nitrogens with zero attached hydrogens (tertiary/aromatic N) is 2. The van der Waals surface area contributed by atoms with E-state index < -0.39 is 0 Å². The molecule has 0 unspecified atom stereocenters. The van der Waals surface area contributed by atoms with Crippen LogP contribution < -0.4 is 10.1 Å². The van der Waals surface area contributed by atoms with Gasteiger partial charge in [-0.1, -0.05) is 6.92 Å². The molecule has 1 aromatic rings. The fourth-order valence-corrected chi connectivity index (χ4v) is 2.01. The molecule has 1 N–H and O–H groups in total. The van der Waals surface area contributed by atoms with E-state index in [1.807, 2.05) is 27.8 Å². The number of hydrogen-bond donors (Lipinski definition) is 1. The highest BCUT2D eigenvalue weighted by Crippen LogP contribution is 2.21. The molecule has 0 aliphatic heterocycles. The van der Waals surface area contributed by atoms with Crippen LogP contribution in [0.5, 0.6) is 5.88 Å². The van der Waals surface area contributed by atoms with Gasteiger partial charge in [-0.05, 0) is 25.5 Å². The molecule has 1 aromatic heterocycles. The van der Waals surface area contributed by atoms with Gasteiger partial charge in [0.15, 0.2) is 5.78 Å². The van der Waals surface area contributed by atoms with Crippen LogP contribution in [0.25, 0.3) is 0 Å². The van der Waals surface area contributed by atoms with E-state index in [0.717, 1.165) is 22.5 Å². The molecule has 0 aromatic carbocycles. The highest BCUT2D eigenvalue weighted by atomic mass is 16.5. The van der Waals surface area contributed by atoms with E-state index in [2.05, 4.69) is 15.3 Å². The van der Waals surface area contributed by atoms with Crippen molar-refractivity contribution >= 4 is 11.5 Å². The van der Waals surface area contributed by atoms with Crippen LogP contribution >= 0.6 is 0 Å². The van der Waals surface area contributed by atoms with Crippen LogP contribution in [-0.4, -0.2) is 37.7 Å². The lowest BCUT2D eigenvalue weighted by atomic mass is 10.0. The molecular formula is C16H23N3O2. The van der Waals surface area contributed by atoms with Crippen molar-refractivity contribution in [1.29, 1.82) is 0 Å². The molecule has 21 heavy (non-hydrogen) atoms. The minimum atomic E-state index is 0.00336. The van der Waals surface area contributed by atoms with E-state index in [4.69, 9.17) is 4.74 Å². The highest BCUT2D eigenvalue weighted by molar-refractivity contribution is 6.13. The van der Waals surface area contributed by atoms with E-state index in [1.165, 1.54) is 7.11 Å². The Kier molecular flexibility index (Phi) is 6.09. The van der Waals surface area contributed by atoms with E-state index in [-0.39, 0.29) is 5.78 Å². The first-order chi connectivity index (χ1) is 9.99. The van der Waals surface area contributed by atoms with Gasteiger partial charge in [-0.25, -0.2) is 4.98 Å². The number of allylic oxidation sites excluding steroid dienone is 2. The number of nitrogens with one attached hydrogen (secondary N) is 1. The summed E-state index contributed by atoms with van der Waals surface area (Å²) in [5, 5.41) is 3.11. The van der Waals surface area contributed by atoms with Gasteiger partial charge >= 0.3 is 0 Å². The van der Waals surface area contributed by atoms with E-state index in [0.29, 0.717) is 17.9 Å². The van der Waals surface area contributed by atoms with Crippen LogP contribution in [-0.2, 0) is 0 Å². The van der Waals surface area contributed by atoms with E-state index in [9.17, 15) is 4.79 Å². The molecule has 0 spiro atoms. The van der Waals surface area contributed by atoms with Crippen LogP contribution in [0.3, 0.4) is 0 Å². The van der Waals surface area contributed by atoms with Crippen molar-refractivity contribution in [2.45, 2.75) is 27.2 Å². The minimum absolute atomic E-state index is 0.00336. The van der Waals surface area contributed by atoms with Gasteiger partial charge in [0.05, 0.1) is 18.4 Å². The van der Waals surface area contributed by atoms with Crippen molar-refractivity contribution in [1.82, 2.24) is 10.3 Å². The zero-order chi connectivity index (χ0) is 16.0. The summed E-state index contributed by atoms with van der Waals surface area (Å²) in [4.78, 5) is 20.6. The molecule has 5 nitrogen and oxygen atoms in total. The van der Waals surface area contributed by atoms with Gasteiger partial charge in [0.1, 0.15) is 0 Å². The average Bonchev–Trinajstić information content (AvgIpc) is 2.53. The fraction of sp³-hybridized carbons (Fsp3) is 0.438. The Morgan fingerprint density at radius 2 is 2.10 bits per heavy atom. The van der Waals surface area contributed by atoms with Crippen molar-refractivity contribution < 1.29 is 9.53 Å². The number of rotatable bonds is 6. The van der Waals surface area contributed by atoms with Crippen molar-refractivity contribution in [3.05, 3.63) is 34.7 Å². The second-order valence-corrected chi connectivity index (χ2v) is 4.63. The first kappa shape index (κ1) is 16.9. The Balaban J connectivity index is 3.41. The molecule has 0 aliphatic rings. The molecule has 0 bridgehead atoms. The first-order valence-electron chi connectivity index (χ1n) is 6.90. The summed E-state index contributed by atoms with van der Waals surface area (Å²) < 4.78 is 5.17. The zero-order valence-electron chi connectivity index (χ0n) is 13.6. The number of ketones is 1. The van der Waals surface area contributed by atoms with Crippen molar-refractivity contribution in [3.8, 4) is 5.88 Å². The molecule has 0 saturated heterocycles. The number of carbonyl (C=O) groups excluding carboxylic acids is 1. The summed E-state index contributed by atoms with van der Waals surface area (Å²) in [5.74, 6) is 0.358. The number of aliphatic imine (C=N–C) groups is 1. The number of ether oxygens (including phenoxy) is 1. The second kappa shape index (κ2) is 7.57. The van der Waals surface area contributed by atoms with Crippen molar-refractivity contribution in [2.24, 2.45) is 4.99 Å². The molecule has 1 rings (SSSR count). The number of pyridine rings is 1. The summed E-state index contributed by atoms with van der Waals surface area (Å²) in [5.41, 5.74) is 4.15. The van der Waals surface area contributed by atoms with Crippen LogP contribution in [0.4, 0.5) is 0 Å². The Hall–Kier alpha value is -2.17. The topological polar surface area (TPSA) is 63.6 Å². The smallest absolute Gasteiger partial charge is 0.224 e. The van der Waals surface area contributed by atoms with Crippen molar-refractivity contribution in [2.75, 3.05) is 21.2 Å². The van der Waals surface area contributed by atoms with Gasteiger partial charge in [-0.3, -0.25) is 9.79 Å². The van der Waals surface area contributed by atoms with Crippen LogP contribution in [0, 0.1) is 0 Å². The molecule has 1 heterocycles. The SMILES string of the molecule is CCC(=O)c1cc(C(=N/C)/C(C)=C(\C)NC)cnc1OC. The monoisotopic (exact) mass is 289 g/mol. The summed E-state index contributed by atoms with van der Waals surface area (Å²) in [6.45, 7) is 5.79. The molecule has 0 fully saturated rings. The molecule has 0 saturated carbocycles. The summed E-state index contributed by atoms with van der Waals surface area (Å²) >= 11 is 0. The van der Waals surface area contributed by atoms with Crippen LogP contribution in [0.15, 0.2) is 28.5 Å². The lowest BCUT2D eigenvalue weighted by Gasteiger charge is -2.13. The second-order valence-electron chi connectivity index (χ2n) is 4.63. The third-order valence-electron chi connectivity index (χ3n) is 3.46. The normalized spacial score (nSPS) is 12.8. The maximum absolute atomic E-state index is 12.0. The highest BCUT2D eigenvalue weighted by Gasteiger charge is 2.16. The van der Waals surface area contributed by atoms with Gasteiger partial charge in [0, 0.05) is 38.0 Å². The third-order valence-corrected chi connectivity index (χ3v) is 3.46. The zero-order valence-corrected chi connectivity index (χ0v) is 13.6. The van der Waals surface area contributed by atoms with E-state index >= 15 is 0 Å². The number of methoxy groups -OCH3 is 1. The van der Waals surface area contributed by atoms with Gasteiger partial charge in [-0.2, -0.15) is 0 Å². The quantitative estimate of drug-likeness (QED) is 0.646. The summed E-state index contributed by atoms with van der Waals surface area (Å²) in [6, 6.07) is 1.80. The standard InChI is InChI=1S/C16H23N3O2/c1-7-14(20)13-8-12(9-19-16(13)21-6)15(18-5)10(2)11(3)17-4/h8-9,17H,7H2,1-6H3/b11-10+,18-15+. The maximum Gasteiger partial charge on any atom is 0.224 e.